The Morgan fingerprint density at radius 3 is 2.84 bits per heavy atom. The molecule has 5 rings (SSSR count). The Labute approximate surface area is 190 Å². The zero-order valence-corrected chi connectivity index (χ0v) is 18.2. The van der Waals surface area contributed by atoms with Crippen LogP contribution >= 0.6 is 11.6 Å². The van der Waals surface area contributed by atoms with Crippen LogP contribution < -0.4 is 10.1 Å². The van der Waals surface area contributed by atoms with Crippen molar-refractivity contribution in [3.63, 3.8) is 0 Å². The van der Waals surface area contributed by atoms with E-state index < -0.39 is 0 Å². The maximum Gasteiger partial charge on any atom is 0.247 e. The molecule has 0 spiro atoms. The Balaban J connectivity index is 1.29. The predicted octanol–water partition coefficient (Wildman–Crippen LogP) is 4.37. The summed E-state index contributed by atoms with van der Waals surface area (Å²) in [5, 5.41) is 18.1. The highest BCUT2D eigenvalue weighted by atomic mass is 35.5. The summed E-state index contributed by atoms with van der Waals surface area (Å²) in [5.41, 5.74) is 3.03. The molecule has 8 nitrogen and oxygen atoms in total. The monoisotopic (exact) mass is 450 g/mol. The second-order valence-electron chi connectivity index (χ2n) is 7.73. The van der Waals surface area contributed by atoms with Crippen molar-refractivity contribution in [1.29, 1.82) is 0 Å². The smallest absolute Gasteiger partial charge is 0.247 e. The number of hydrogen-bond acceptors (Lipinski definition) is 7. The number of pyridine rings is 2. The quantitative estimate of drug-likeness (QED) is 0.432. The average Bonchev–Trinajstić information content (AvgIpc) is 3.44. The van der Waals surface area contributed by atoms with Crippen LogP contribution in [0.3, 0.4) is 0 Å². The molecule has 4 heterocycles. The second kappa shape index (κ2) is 9.02. The van der Waals surface area contributed by atoms with Crippen LogP contribution in [0.4, 0.5) is 11.6 Å². The van der Waals surface area contributed by atoms with Gasteiger partial charge in [-0.15, -0.1) is 5.10 Å². The van der Waals surface area contributed by atoms with Crippen LogP contribution in [0, 0.1) is 0 Å². The lowest BCUT2D eigenvalue weighted by molar-refractivity contribution is 0.232. The van der Waals surface area contributed by atoms with Gasteiger partial charge >= 0.3 is 0 Å². The minimum absolute atomic E-state index is 0.154. The normalized spacial score (nSPS) is 14.2. The summed E-state index contributed by atoms with van der Waals surface area (Å²) >= 11 is 6.29. The molecule has 1 aliphatic heterocycles. The summed E-state index contributed by atoms with van der Waals surface area (Å²) in [4.78, 5) is 11.2. The van der Waals surface area contributed by atoms with Crippen molar-refractivity contribution in [2.24, 2.45) is 0 Å². The average molecular weight is 451 g/mol. The number of phenols is 1. The number of aromatic hydroxyl groups is 1. The number of nitrogens with one attached hydrogen (secondary N) is 1. The van der Waals surface area contributed by atoms with E-state index in [1.54, 1.807) is 28.9 Å². The molecule has 0 atom stereocenters. The van der Waals surface area contributed by atoms with Gasteiger partial charge in [0.1, 0.15) is 12.4 Å². The number of hydrogen-bond donors (Lipinski definition) is 2. The molecule has 2 N–H and O–H groups in total. The molecule has 0 saturated carbocycles. The number of anilines is 2. The summed E-state index contributed by atoms with van der Waals surface area (Å²) in [7, 11) is 0. The molecule has 0 amide bonds. The van der Waals surface area contributed by atoms with Crippen molar-refractivity contribution < 1.29 is 9.84 Å². The van der Waals surface area contributed by atoms with Crippen molar-refractivity contribution in [1.82, 2.24) is 24.5 Å². The molecule has 1 aliphatic rings. The fraction of sp³-hybridized carbons (Fsp3) is 0.261. The summed E-state index contributed by atoms with van der Waals surface area (Å²) in [5.74, 6) is 1.18. The van der Waals surface area contributed by atoms with E-state index in [0.717, 1.165) is 36.4 Å². The van der Waals surface area contributed by atoms with Crippen LogP contribution in [-0.4, -0.2) is 55.8 Å². The third-order valence-corrected chi connectivity index (χ3v) is 5.77. The molecule has 0 aliphatic carbocycles. The van der Waals surface area contributed by atoms with Crippen LogP contribution in [0.2, 0.25) is 5.02 Å². The Morgan fingerprint density at radius 2 is 1.97 bits per heavy atom. The van der Waals surface area contributed by atoms with Gasteiger partial charge in [0.05, 0.1) is 0 Å². The molecule has 0 bridgehead atoms. The van der Waals surface area contributed by atoms with E-state index in [4.69, 9.17) is 16.3 Å². The minimum atomic E-state index is 0.154. The highest BCUT2D eigenvalue weighted by Crippen LogP contribution is 2.31. The largest absolute Gasteiger partial charge is 0.508 e. The minimum Gasteiger partial charge on any atom is -0.508 e. The molecular weight excluding hydrogens is 428 g/mol. The first-order valence-electron chi connectivity index (χ1n) is 10.6. The van der Waals surface area contributed by atoms with Crippen molar-refractivity contribution in [3.8, 4) is 22.8 Å². The first-order chi connectivity index (χ1) is 15.6. The van der Waals surface area contributed by atoms with Crippen LogP contribution in [0.25, 0.3) is 16.8 Å². The van der Waals surface area contributed by atoms with Crippen LogP contribution in [0.1, 0.15) is 12.8 Å². The Kier molecular flexibility index (Phi) is 5.79. The van der Waals surface area contributed by atoms with Gasteiger partial charge in [0.15, 0.2) is 5.65 Å². The van der Waals surface area contributed by atoms with Crippen molar-refractivity contribution >= 4 is 28.9 Å². The maximum absolute atomic E-state index is 9.79. The van der Waals surface area contributed by atoms with Crippen molar-refractivity contribution in [2.75, 3.05) is 31.6 Å². The van der Waals surface area contributed by atoms with E-state index in [9.17, 15) is 5.11 Å². The van der Waals surface area contributed by atoms with Crippen LogP contribution in [0.15, 0.2) is 54.9 Å². The number of aromatic nitrogens is 4. The van der Waals surface area contributed by atoms with Gasteiger partial charge in [-0.2, -0.15) is 4.98 Å². The van der Waals surface area contributed by atoms with Gasteiger partial charge in [-0.25, -0.2) is 9.50 Å². The van der Waals surface area contributed by atoms with Gasteiger partial charge in [-0.1, -0.05) is 11.6 Å². The van der Waals surface area contributed by atoms with E-state index in [1.807, 2.05) is 30.5 Å². The zero-order chi connectivity index (χ0) is 21.9. The zero-order valence-electron chi connectivity index (χ0n) is 17.4. The lowest BCUT2D eigenvalue weighted by atomic mass is 10.1. The molecular formula is C23H23ClN6O2. The van der Waals surface area contributed by atoms with E-state index in [0.29, 0.717) is 29.1 Å². The number of rotatable bonds is 7. The third-order valence-electron chi connectivity index (χ3n) is 5.44. The summed E-state index contributed by atoms with van der Waals surface area (Å²) < 4.78 is 7.49. The van der Waals surface area contributed by atoms with E-state index >= 15 is 0 Å². The SMILES string of the molecule is Oc1ccc(Cl)c(-c2ccc3nc(Nc4ccnc(OCCN5CCCC5)c4)nn3c2)c1. The van der Waals surface area contributed by atoms with Gasteiger partial charge < -0.3 is 15.2 Å². The molecule has 4 aromatic rings. The molecule has 1 fully saturated rings. The number of ether oxygens (including phenoxy) is 1. The van der Waals surface area contributed by atoms with Crippen LogP contribution in [-0.2, 0) is 0 Å². The maximum atomic E-state index is 9.79. The molecule has 0 radical (unpaired) electrons. The predicted molar refractivity (Wildman–Crippen MR) is 124 cm³/mol. The van der Waals surface area contributed by atoms with Crippen LogP contribution in [0.5, 0.6) is 11.6 Å². The third kappa shape index (κ3) is 4.61. The van der Waals surface area contributed by atoms with E-state index in [1.165, 1.54) is 12.8 Å². The number of phenolic OH excluding ortho intramolecular Hbond substituents is 1. The fourth-order valence-corrected chi connectivity index (χ4v) is 4.04. The first kappa shape index (κ1) is 20.5. The molecule has 0 unspecified atom stereocenters. The van der Waals surface area contributed by atoms with E-state index in [2.05, 4.69) is 25.3 Å². The van der Waals surface area contributed by atoms with E-state index in [-0.39, 0.29) is 5.75 Å². The van der Waals surface area contributed by atoms with Gasteiger partial charge in [0.25, 0.3) is 0 Å². The second-order valence-corrected chi connectivity index (χ2v) is 8.13. The Bertz CT molecular complexity index is 1240. The summed E-state index contributed by atoms with van der Waals surface area (Å²) in [6.45, 7) is 3.83. The Morgan fingerprint density at radius 1 is 1.09 bits per heavy atom. The number of fused-ring (bicyclic) bond motifs is 1. The Hall–Kier alpha value is -3.36. The standard InChI is InChI=1S/C23H23ClN6O2/c24-20-5-4-18(31)14-19(20)16-3-6-21-27-23(28-30(21)15-16)26-17-7-8-25-22(13-17)32-12-11-29-9-1-2-10-29/h3-8,13-15,31H,1-2,9-12H2,(H,25,26,28). The molecule has 1 saturated heterocycles. The summed E-state index contributed by atoms with van der Waals surface area (Å²) in [6.07, 6.45) is 6.07. The highest BCUT2D eigenvalue weighted by molar-refractivity contribution is 6.33. The molecule has 9 heteroatoms. The topological polar surface area (TPSA) is 87.8 Å². The number of halogens is 1. The molecule has 32 heavy (non-hydrogen) atoms. The van der Waals surface area contributed by atoms with Gasteiger partial charge in [0, 0.05) is 46.8 Å². The first-order valence-corrected chi connectivity index (χ1v) is 11.0. The van der Waals surface area contributed by atoms with Gasteiger partial charge in [-0.05, 0) is 62.3 Å². The lowest BCUT2D eigenvalue weighted by Gasteiger charge is -2.14. The van der Waals surface area contributed by atoms with Gasteiger partial charge in [0.2, 0.25) is 11.8 Å². The van der Waals surface area contributed by atoms with Gasteiger partial charge in [-0.3, -0.25) is 4.90 Å². The fourth-order valence-electron chi connectivity index (χ4n) is 3.81. The number of nitrogens with zero attached hydrogens (tertiary/aromatic N) is 5. The highest BCUT2D eigenvalue weighted by Gasteiger charge is 2.12. The number of likely N-dealkylation sites (tertiary alicyclic amines) is 1. The lowest BCUT2D eigenvalue weighted by Crippen LogP contribution is -2.25. The van der Waals surface area contributed by atoms with Crippen molar-refractivity contribution in [3.05, 3.63) is 59.9 Å². The molecule has 1 aromatic carbocycles. The number of benzene rings is 1. The van der Waals surface area contributed by atoms with Crippen molar-refractivity contribution in [2.45, 2.75) is 12.8 Å². The summed E-state index contributed by atoms with van der Waals surface area (Å²) in [6, 6.07) is 12.3. The molecule has 3 aromatic heterocycles. The molecule has 164 valence electrons.